The number of hydrogen-bond donors (Lipinski definition) is 1. The highest BCUT2D eigenvalue weighted by Crippen LogP contribution is 2.31. The van der Waals surface area contributed by atoms with Gasteiger partial charge >= 0.3 is 0 Å². The van der Waals surface area contributed by atoms with Crippen LogP contribution in [0.3, 0.4) is 0 Å². The summed E-state index contributed by atoms with van der Waals surface area (Å²) in [4.78, 5) is 11.2. The van der Waals surface area contributed by atoms with Gasteiger partial charge in [0, 0.05) is 30.8 Å². The van der Waals surface area contributed by atoms with Crippen LogP contribution < -0.4 is 10.2 Å². The summed E-state index contributed by atoms with van der Waals surface area (Å²) < 4.78 is 0. The summed E-state index contributed by atoms with van der Waals surface area (Å²) in [7, 11) is 0. The van der Waals surface area contributed by atoms with Gasteiger partial charge in [0.05, 0.1) is 17.5 Å². The van der Waals surface area contributed by atoms with E-state index in [4.69, 9.17) is 0 Å². The Bertz CT molecular complexity index is 625. The van der Waals surface area contributed by atoms with E-state index in [1.807, 2.05) is 24.7 Å². The van der Waals surface area contributed by atoms with Gasteiger partial charge in [-0.1, -0.05) is 0 Å². The Hall–Kier alpha value is -2.10. The first-order valence-corrected chi connectivity index (χ1v) is 7.32. The minimum Gasteiger partial charge on any atom is -0.365 e. The molecule has 20 heavy (non-hydrogen) atoms. The zero-order valence-electron chi connectivity index (χ0n) is 11.4. The quantitative estimate of drug-likeness (QED) is 0.861. The first-order chi connectivity index (χ1) is 9.92. The van der Waals surface area contributed by atoms with E-state index in [9.17, 15) is 0 Å². The minimum atomic E-state index is 0.369. The van der Waals surface area contributed by atoms with Crippen molar-refractivity contribution in [2.24, 2.45) is 0 Å². The maximum absolute atomic E-state index is 4.53. The maximum atomic E-state index is 4.53. The second-order valence-electron chi connectivity index (χ2n) is 5.50. The molecular weight excluding hydrogens is 248 g/mol. The second kappa shape index (κ2) is 4.78. The SMILES string of the molecule is c1cnc2c(c1)N(C1CCc3cnccc3N1)CCC2. The normalized spacial score (nSPS) is 20.8. The fraction of sp³-hybridized carbons (Fsp3) is 0.375. The summed E-state index contributed by atoms with van der Waals surface area (Å²) in [6, 6.07) is 6.32. The van der Waals surface area contributed by atoms with Crippen molar-refractivity contribution in [3.05, 3.63) is 48.0 Å². The van der Waals surface area contributed by atoms with Crippen molar-refractivity contribution in [3.63, 3.8) is 0 Å². The Kier molecular flexibility index (Phi) is 2.80. The standard InChI is InChI=1S/C16H18N4/c1-4-15-14(18-8-1)3-2-10-20(15)16-6-5-12-11-17-9-7-13(12)19-16/h1,4,7-9,11,16,19H,2-3,5-6,10H2. The van der Waals surface area contributed by atoms with E-state index in [0.29, 0.717) is 6.17 Å². The number of nitrogens with zero attached hydrogens (tertiary/aromatic N) is 3. The molecule has 2 aromatic rings. The highest BCUT2D eigenvalue weighted by atomic mass is 15.3. The van der Waals surface area contributed by atoms with Crippen LogP contribution in [0.4, 0.5) is 11.4 Å². The number of rotatable bonds is 1. The van der Waals surface area contributed by atoms with Gasteiger partial charge in [-0.15, -0.1) is 0 Å². The predicted octanol–water partition coefficient (Wildman–Crippen LogP) is 2.61. The van der Waals surface area contributed by atoms with Crippen LogP contribution in [0.5, 0.6) is 0 Å². The van der Waals surface area contributed by atoms with Gasteiger partial charge in [0.15, 0.2) is 0 Å². The Morgan fingerprint density at radius 1 is 1.20 bits per heavy atom. The number of pyridine rings is 2. The Balaban J connectivity index is 1.64. The second-order valence-corrected chi connectivity index (χ2v) is 5.50. The number of aryl methyl sites for hydroxylation is 2. The number of fused-ring (bicyclic) bond motifs is 2. The zero-order valence-corrected chi connectivity index (χ0v) is 11.4. The lowest BCUT2D eigenvalue weighted by Gasteiger charge is -2.40. The van der Waals surface area contributed by atoms with Crippen molar-refractivity contribution in [1.82, 2.24) is 9.97 Å². The summed E-state index contributed by atoms with van der Waals surface area (Å²) in [5.74, 6) is 0. The summed E-state index contributed by atoms with van der Waals surface area (Å²) in [5, 5.41) is 3.67. The molecule has 0 aromatic carbocycles. The molecule has 4 nitrogen and oxygen atoms in total. The Labute approximate surface area is 118 Å². The molecule has 2 aliphatic rings. The van der Waals surface area contributed by atoms with Gasteiger partial charge in [0.2, 0.25) is 0 Å². The largest absolute Gasteiger partial charge is 0.365 e. The van der Waals surface area contributed by atoms with Gasteiger partial charge in [0.25, 0.3) is 0 Å². The highest BCUT2D eigenvalue weighted by Gasteiger charge is 2.27. The number of anilines is 2. The van der Waals surface area contributed by atoms with Crippen LogP contribution in [0.2, 0.25) is 0 Å². The third-order valence-electron chi connectivity index (χ3n) is 4.28. The molecule has 2 aliphatic heterocycles. The lowest BCUT2D eigenvalue weighted by atomic mass is 10.00. The number of nitrogens with one attached hydrogen (secondary N) is 1. The molecule has 0 saturated heterocycles. The van der Waals surface area contributed by atoms with Crippen LogP contribution in [-0.4, -0.2) is 22.7 Å². The number of hydrogen-bond acceptors (Lipinski definition) is 4. The lowest BCUT2D eigenvalue weighted by Crippen LogP contribution is -2.46. The minimum absolute atomic E-state index is 0.369. The monoisotopic (exact) mass is 266 g/mol. The fourth-order valence-corrected chi connectivity index (χ4v) is 3.29. The van der Waals surface area contributed by atoms with Crippen LogP contribution in [-0.2, 0) is 12.8 Å². The topological polar surface area (TPSA) is 41.1 Å². The van der Waals surface area contributed by atoms with Crippen LogP contribution in [0.1, 0.15) is 24.1 Å². The molecule has 0 spiro atoms. The molecule has 0 aliphatic carbocycles. The van der Waals surface area contributed by atoms with E-state index >= 15 is 0 Å². The fourth-order valence-electron chi connectivity index (χ4n) is 3.29. The average Bonchev–Trinajstić information content (AvgIpc) is 2.54. The van der Waals surface area contributed by atoms with E-state index in [1.54, 1.807) is 0 Å². The molecule has 0 fully saturated rings. The van der Waals surface area contributed by atoms with Crippen LogP contribution in [0, 0.1) is 0 Å². The molecule has 4 heteroatoms. The molecule has 0 amide bonds. The molecule has 2 aromatic heterocycles. The molecule has 4 rings (SSSR count). The Morgan fingerprint density at radius 2 is 2.20 bits per heavy atom. The first kappa shape index (κ1) is 11.7. The van der Waals surface area contributed by atoms with Crippen molar-refractivity contribution >= 4 is 11.4 Å². The molecule has 1 unspecified atom stereocenters. The first-order valence-electron chi connectivity index (χ1n) is 7.32. The zero-order chi connectivity index (χ0) is 13.4. The molecular formula is C16H18N4. The lowest BCUT2D eigenvalue weighted by molar-refractivity contribution is 0.552. The summed E-state index contributed by atoms with van der Waals surface area (Å²) >= 11 is 0. The third-order valence-corrected chi connectivity index (χ3v) is 4.28. The van der Waals surface area contributed by atoms with Crippen molar-refractivity contribution in [3.8, 4) is 0 Å². The highest BCUT2D eigenvalue weighted by molar-refractivity contribution is 5.58. The molecule has 0 bridgehead atoms. The summed E-state index contributed by atoms with van der Waals surface area (Å²) in [6.07, 6.45) is 10.6. The third kappa shape index (κ3) is 1.92. The van der Waals surface area contributed by atoms with E-state index in [2.05, 4.69) is 32.3 Å². The molecule has 1 atom stereocenters. The van der Waals surface area contributed by atoms with E-state index < -0.39 is 0 Å². The summed E-state index contributed by atoms with van der Waals surface area (Å²) in [5.41, 5.74) is 5.09. The van der Waals surface area contributed by atoms with Crippen molar-refractivity contribution in [1.29, 1.82) is 0 Å². The van der Waals surface area contributed by atoms with E-state index in [1.165, 1.54) is 29.1 Å². The van der Waals surface area contributed by atoms with Gasteiger partial charge in [-0.2, -0.15) is 0 Å². The molecule has 1 N–H and O–H groups in total. The molecule has 0 radical (unpaired) electrons. The molecule has 102 valence electrons. The van der Waals surface area contributed by atoms with Crippen LogP contribution in [0.15, 0.2) is 36.8 Å². The van der Waals surface area contributed by atoms with E-state index in [0.717, 1.165) is 25.8 Å². The summed E-state index contributed by atoms with van der Waals surface area (Å²) in [6.45, 7) is 1.11. The van der Waals surface area contributed by atoms with Gasteiger partial charge in [-0.3, -0.25) is 9.97 Å². The predicted molar refractivity (Wildman–Crippen MR) is 79.9 cm³/mol. The van der Waals surface area contributed by atoms with Crippen molar-refractivity contribution < 1.29 is 0 Å². The average molecular weight is 266 g/mol. The van der Waals surface area contributed by atoms with Crippen LogP contribution >= 0.6 is 0 Å². The van der Waals surface area contributed by atoms with Crippen molar-refractivity contribution in [2.75, 3.05) is 16.8 Å². The van der Waals surface area contributed by atoms with Gasteiger partial charge in [-0.05, 0) is 49.4 Å². The van der Waals surface area contributed by atoms with Gasteiger partial charge < -0.3 is 10.2 Å². The Morgan fingerprint density at radius 3 is 3.20 bits per heavy atom. The molecule has 4 heterocycles. The van der Waals surface area contributed by atoms with Gasteiger partial charge in [0.1, 0.15) is 0 Å². The molecule has 0 saturated carbocycles. The van der Waals surface area contributed by atoms with Crippen molar-refractivity contribution in [2.45, 2.75) is 31.8 Å². The van der Waals surface area contributed by atoms with Gasteiger partial charge in [-0.25, -0.2) is 0 Å². The smallest absolute Gasteiger partial charge is 0.0993 e. The van der Waals surface area contributed by atoms with Crippen LogP contribution in [0.25, 0.3) is 0 Å². The number of aromatic nitrogens is 2. The van der Waals surface area contributed by atoms with E-state index in [-0.39, 0.29) is 0 Å². The maximum Gasteiger partial charge on any atom is 0.0993 e.